The van der Waals surface area contributed by atoms with E-state index in [2.05, 4.69) is 19.2 Å². The lowest BCUT2D eigenvalue weighted by Gasteiger charge is -2.34. The van der Waals surface area contributed by atoms with Crippen LogP contribution >= 0.6 is 0 Å². The lowest BCUT2D eigenvalue weighted by molar-refractivity contribution is -0.385. The van der Waals surface area contributed by atoms with E-state index in [1.54, 1.807) is 0 Å². The van der Waals surface area contributed by atoms with Crippen molar-refractivity contribution in [2.75, 3.05) is 11.6 Å². The lowest BCUT2D eigenvalue weighted by atomic mass is 9.80. The number of hydrogen-bond donors (Lipinski definition) is 1. The monoisotopic (exact) mass is 326 g/mol. The molecule has 7 heteroatoms. The first-order chi connectivity index (χ1) is 10.2. The number of anilines is 1. The molecule has 3 atom stereocenters. The van der Waals surface area contributed by atoms with Crippen molar-refractivity contribution in [2.24, 2.45) is 11.8 Å². The van der Waals surface area contributed by atoms with Gasteiger partial charge in [-0.1, -0.05) is 13.8 Å². The summed E-state index contributed by atoms with van der Waals surface area (Å²) in [6.45, 7) is 4.37. The highest BCUT2D eigenvalue weighted by molar-refractivity contribution is 7.90. The first kappa shape index (κ1) is 16.7. The van der Waals surface area contributed by atoms with E-state index in [4.69, 9.17) is 0 Å². The Balaban J connectivity index is 2.32. The smallest absolute Gasteiger partial charge is 0.270 e. The fourth-order valence-electron chi connectivity index (χ4n) is 3.13. The summed E-state index contributed by atoms with van der Waals surface area (Å²) in [6, 6.07) is 4.17. The Bertz CT molecular complexity index is 672. The maximum Gasteiger partial charge on any atom is 0.270 e. The summed E-state index contributed by atoms with van der Waals surface area (Å²) in [5.41, 5.74) is 0.246. The number of rotatable bonds is 4. The molecule has 22 heavy (non-hydrogen) atoms. The van der Waals surface area contributed by atoms with Gasteiger partial charge in [0.1, 0.15) is 0 Å². The molecule has 0 spiro atoms. The van der Waals surface area contributed by atoms with Gasteiger partial charge in [0.05, 0.1) is 15.5 Å². The van der Waals surface area contributed by atoms with Crippen LogP contribution in [0.25, 0.3) is 0 Å². The van der Waals surface area contributed by atoms with E-state index < -0.39 is 14.8 Å². The summed E-state index contributed by atoms with van der Waals surface area (Å²) in [5, 5.41) is 14.2. The van der Waals surface area contributed by atoms with Crippen LogP contribution in [0, 0.1) is 22.0 Å². The van der Waals surface area contributed by atoms with Crippen LogP contribution in [0.4, 0.5) is 11.4 Å². The third kappa shape index (κ3) is 3.76. The zero-order valence-electron chi connectivity index (χ0n) is 13.1. The van der Waals surface area contributed by atoms with E-state index in [9.17, 15) is 18.5 Å². The average Bonchev–Trinajstić information content (AvgIpc) is 2.41. The molecule has 1 saturated carbocycles. The molecule has 0 aliphatic heterocycles. The molecule has 0 aromatic heterocycles. The SMILES string of the molecule is CC1CCC(Nc2ccc([N+](=O)[O-])cc2S(C)(=O)=O)C(C)C1. The summed E-state index contributed by atoms with van der Waals surface area (Å²) in [6.07, 6.45) is 4.24. The molecule has 2 rings (SSSR count). The van der Waals surface area contributed by atoms with Gasteiger partial charge in [-0.05, 0) is 37.2 Å². The molecular weight excluding hydrogens is 304 g/mol. The second-order valence-electron chi connectivity index (χ2n) is 6.36. The fraction of sp³-hybridized carbons (Fsp3) is 0.600. The van der Waals surface area contributed by atoms with E-state index in [1.165, 1.54) is 12.1 Å². The van der Waals surface area contributed by atoms with Gasteiger partial charge in [-0.2, -0.15) is 0 Å². The van der Waals surface area contributed by atoms with Crippen LogP contribution in [0.5, 0.6) is 0 Å². The van der Waals surface area contributed by atoms with Crippen LogP contribution in [-0.4, -0.2) is 25.6 Å². The Hall–Kier alpha value is -1.63. The van der Waals surface area contributed by atoms with Crippen LogP contribution in [-0.2, 0) is 9.84 Å². The van der Waals surface area contributed by atoms with E-state index in [0.717, 1.165) is 31.6 Å². The number of non-ortho nitro benzene ring substituents is 1. The third-order valence-electron chi connectivity index (χ3n) is 4.35. The van der Waals surface area contributed by atoms with Crippen LogP contribution in [0.3, 0.4) is 0 Å². The van der Waals surface area contributed by atoms with Crippen molar-refractivity contribution in [3.63, 3.8) is 0 Å². The summed E-state index contributed by atoms with van der Waals surface area (Å²) in [5.74, 6) is 1.12. The molecule has 6 nitrogen and oxygen atoms in total. The molecule has 3 unspecified atom stereocenters. The predicted molar refractivity (Wildman–Crippen MR) is 85.8 cm³/mol. The summed E-state index contributed by atoms with van der Waals surface area (Å²) in [4.78, 5) is 10.3. The lowest BCUT2D eigenvalue weighted by Crippen LogP contribution is -2.33. The fourth-order valence-corrected chi connectivity index (χ4v) is 3.99. The van der Waals surface area contributed by atoms with Gasteiger partial charge < -0.3 is 5.32 Å². The first-order valence-corrected chi connectivity index (χ1v) is 9.32. The number of sulfone groups is 1. The van der Waals surface area contributed by atoms with E-state index in [-0.39, 0.29) is 16.6 Å². The van der Waals surface area contributed by atoms with Gasteiger partial charge in [0.25, 0.3) is 5.69 Å². The minimum absolute atomic E-state index is 0.00692. The topological polar surface area (TPSA) is 89.3 Å². The van der Waals surface area contributed by atoms with Crippen molar-refractivity contribution in [1.29, 1.82) is 0 Å². The number of hydrogen-bond acceptors (Lipinski definition) is 5. The van der Waals surface area contributed by atoms with Crippen molar-refractivity contribution in [3.8, 4) is 0 Å². The molecule has 122 valence electrons. The van der Waals surface area contributed by atoms with E-state index >= 15 is 0 Å². The molecule has 0 heterocycles. The van der Waals surface area contributed by atoms with Gasteiger partial charge in [0.15, 0.2) is 9.84 Å². The number of benzene rings is 1. The van der Waals surface area contributed by atoms with Gasteiger partial charge in [0, 0.05) is 24.4 Å². The maximum atomic E-state index is 11.9. The summed E-state index contributed by atoms with van der Waals surface area (Å²) in [7, 11) is -3.54. The Morgan fingerprint density at radius 3 is 2.50 bits per heavy atom. The van der Waals surface area contributed by atoms with E-state index in [0.29, 0.717) is 17.5 Å². The molecule has 1 fully saturated rings. The normalized spacial score (nSPS) is 25.7. The summed E-state index contributed by atoms with van der Waals surface area (Å²) < 4.78 is 23.9. The van der Waals surface area contributed by atoms with Gasteiger partial charge in [-0.15, -0.1) is 0 Å². The van der Waals surface area contributed by atoms with Crippen LogP contribution in [0.1, 0.15) is 33.1 Å². The number of nitro groups is 1. The number of nitrogens with one attached hydrogen (secondary N) is 1. The van der Waals surface area contributed by atoms with Crippen LogP contribution < -0.4 is 5.32 Å². The molecule has 1 N–H and O–H groups in total. The molecule has 0 amide bonds. The van der Waals surface area contributed by atoms with Crippen molar-refractivity contribution in [3.05, 3.63) is 28.3 Å². The van der Waals surface area contributed by atoms with Crippen LogP contribution in [0.15, 0.2) is 23.1 Å². The summed E-state index contributed by atoms with van der Waals surface area (Å²) >= 11 is 0. The standard InChI is InChI=1S/C15H22N2O4S/c1-10-4-6-13(11(2)8-10)16-14-7-5-12(17(18)19)9-15(14)22(3,20)21/h5,7,9-11,13,16H,4,6,8H2,1-3H3. The van der Waals surface area contributed by atoms with Gasteiger partial charge in [-0.3, -0.25) is 10.1 Å². The highest BCUT2D eigenvalue weighted by Crippen LogP contribution is 2.33. The molecule has 0 bridgehead atoms. The Kier molecular flexibility index (Phi) is 4.75. The first-order valence-electron chi connectivity index (χ1n) is 7.43. The van der Waals surface area contributed by atoms with Crippen molar-refractivity contribution in [2.45, 2.75) is 44.0 Å². The number of nitrogens with zero attached hydrogens (tertiary/aromatic N) is 1. The number of nitro benzene ring substituents is 1. The Labute approximate surface area is 131 Å². The van der Waals surface area contributed by atoms with Gasteiger partial charge in [-0.25, -0.2) is 8.42 Å². The highest BCUT2D eigenvalue weighted by atomic mass is 32.2. The average molecular weight is 326 g/mol. The Morgan fingerprint density at radius 1 is 1.27 bits per heavy atom. The predicted octanol–water partition coefficient (Wildman–Crippen LogP) is 3.23. The highest BCUT2D eigenvalue weighted by Gasteiger charge is 2.27. The molecule has 1 aliphatic rings. The van der Waals surface area contributed by atoms with Crippen molar-refractivity contribution in [1.82, 2.24) is 0 Å². The zero-order chi connectivity index (χ0) is 16.5. The molecular formula is C15H22N2O4S. The Morgan fingerprint density at radius 2 is 1.95 bits per heavy atom. The van der Waals surface area contributed by atoms with Gasteiger partial charge >= 0.3 is 0 Å². The largest absolute Gasteiger partial charge is 0.381 e. The molecule has 1 aliphatic carbocycles. The second kappa shape index (κ2) is 6.24. The zero-order valence-corrected chi connectivity index (χ0v) is 13.9. The van der Waals surface area contributed by atoms with E-state index in [1.807, 2.05) is 0 Å². The van der Waals surface area contributed by atoms with Crippen molar-refractivity contribution >= 4 is 21.2 Å². The molecule has 1 aromatic rings. The molecule has 0 radical (unpaired) electrons. The molecule has 0 saturated heterocycles. The maximum absolute atomic E-state index is 11.9. The minimum Gasteiger partial charge on any atom is -0.381 e. The molecule has 1 aromatic carbocycles. The minimum atomic E-state index is -3.54. The van der Waals surface area contributed by atoms with Crippen LogP contribution in [0.2, 0.25) is 0 Å². The second-order valence-corrected chi connectivity index (χ2v) is 8.34. The van der Waals surface area contributed by atoms with Crippen molar-refractivity contribution < 1.29 is 13.3 Å². The third-order valence-corrected chi connectivity index (χ3v) is 5.48. The van der Waals surface area contributed by atoms with Gasteiger partial charge in [0.2, 0.25) is 0 Å². The quantitative estimate of drug-likeness (QED) is 0.677.